The summed E-state index contributed by atoms with van der Waals surface area (Å²) in [6.07, 6.45) is 24.3. The minimum atomic E-state index is -4.25. The predicted octanol–water partition coefficient (Wildman–Crippen LogP) is 5.37. The van der Waals surface area contributed by atoms with Crippen LogP contribution in [0.3, 0.4) is 0 Å². The van der Waals surface area contributed by atoms with E-state index in [-0.39, 0.29) is 30.8 Å². The van der Waals surface area contributed by atoms with Crippen molar-refractivity contribution in [3.8, 4) is 0 Å². The van der Waals surface area contributed by atoms with Crippen molar-refractivity contribution in [2.75, 3.05) is 66.3 Å². The highest BCUT2D eigenvalue weighted by Crippen LogP contribution is 2.38. The zero-order chi connectivity index (χ0) is 26.9. The van der Waals surface area contributed by atoms with E-state index in [0.717, 1.165) is 30.6 Å². The molecule has 1 rings (SSSR count). The SMILES string of the molecule is CCCCCCCCCCCCCCCCCCOCCOCCOP(=O)([O-])OCC[N+]1(C)CCCC1.O.O. The lowest BCUT2D eigenvalue weighted by Gasteiger charge is -2.30. The van der Waals surface area contributed by atoms with Crippen molar-refractivity contribution in [2.45, 2.75) is 122 Å². The topological polar surface area (TPSA) is 140 Å². The Hall–Kier alpha value is -0.0900. The van der Waals surface area contributed by atoms with Gasteiger partial charge in [0.15, 0.2) is 0 Å². The number of quaternary nitrogens is 1. The minimum Gasteiger partial charge on any atom is -0.756 e. The molecule has 9 nitrogen and oxygen atoms in total. The fourth-order valence-electron chi connectivity index (χ4n) is 5.01. The fraction of sp³-hybridized carbons (Fsp3) is 1.00. The Kier molecular flexibility index (Phi) is 29.5. The van der Waals surface area contributed by atoms with Gasteiger partial charge in [0.25, 0.3) is 7.82 Å². The third-order valence-corrected chi connectivity index (χ3v) is 8.52. The first-order valence-corrected chi connectivity index (χ1v) is 17.0. The number of unbranched alkanes of at least 4 members (excludes halogenated alkanes) is 15. The number of phosphoric ester groups is 1. The van der Waals surface area contributed by atoms with E-state index < -0.39 is 7.82 Å². The van der Waals surface area contributed by atoms with E-state index in [1.807, 2.05) is 0 Å². The molecule has 0 spiro atoms. The maximum absolute atomic E-state index is 11.8. The van der Waals surface area contributed by atoms with Crippen molar-refractivity contribution in [3.05, 3.63) is 0 Å². The molecule has 1 heterocycles. The summed E-state index contributed by atoms with van der Waals surface area (Å²) in [4.78, 5) is 11.8. The zero-order valence-electron chi connectivity index (χ0n) is 25.4. The predicted molar refractivity (Wildman–Crippen MR) is 158 cm³/mol. The van der Waals surface area contributed by atoms with Crippen LogP contribution in [0.25, 0.3) is 0 Å². The number of hydrogen-bond acceptors (Lipinski definition) is 6. The van der Waals surface area contributed by atoms with Crippen molar-refractivity contribution in [2.24, 2.45) is 0 Å². The van der Waals surface area contributed by atoms with Gasteiger partial charge in [-0.3, -0.25) is 4.57 Å². The molecule has 39 heavy (non-hydrogen) atoms. The summed E-state index contributed by atoms with van der Waals surface area (Å²) in [6, 6.07) is 0. The molecule has 0 bridgehead atoms. The van der Waals surface area contributed by atoms with E-state index >= 15 is 0 Å². The molecule has 0 amide bonds. The van der Waals surface area contributed by atoms with E-state index in [1.165, 1.54) is 109 Å². The van der Waals surface area contributed by atoms with Crippen LogP contribution in [0.5, 0.6) is 0 Å². The van der Waals surface area contributed by atoms with E-state index in [4.69, 9.17) is 18.5 Å². The Balaban J connectivity index is 0. The van der Waals surface area contributed by atoms with Gasteiger partial charge in [-0.1, -0.05) is 103 Å². The number of ether oxygens (including phenoxy) is 2. The molecular formula is C29H64NO8P. The first-order chi connectivity index (χ1) is 18.0. The van der Waals surface area contributed by atoms with Crippen LogP contribution in [-0.4, -0.2) is 81.8 Å². The van der Waals surface area contributed by atoms with Crippen molar-refractivity contribution >= 4 is 7.82 Å². The number of hydrogen-bond donors (Lipinski definition) is 0. The van der Waals surface area contributed by atoms with Crippen LogP contribution in [0.2, 0.25) is 0 Å². The summed E-state index contributed by atoms with van der Waals surface area (Å²) >= 11 is 0. The molecule has 1 saturated heterocycles. The molecular weight excluding hydrogens is 521 g/mol. The summed E-state index contributed by atoms with van der Waals surface area (Å²) in [5.41, 5.74) is 0. The summed E-state index contributed by atoms with van der Waals surface area (Å²) in [5.74, 6) is 0. The Morgan fingerprint density at radius 2 is 0.974 bits per heavy atom. The Morgan fingerprint density at radius 3 is 1.46 bits per heavy atom. The second kappa shape index (κ2) is 28.0. The van der Waals surface area contributed by atoms with Gasteiger partial charge in [-0.2, -0.15) is 0 Å². The van der Waals surface area contributed by atoms with Gasteiger partial charge in [-0.15, -0.1) is 0 Å². The molecule has 10 heteroatoms. The number of likely N-dealkylation sites (N-methyl/N-ethyl adjacent to an activating group) is 1. The van der Waals surface area contributed by atoms with Crippen LogP contribution in [0, 0.1) is 0 Å². The standard InChI is InChI=1S/C29H60NO6P.2H2O/c1-3-4-5-6-7-8-9-10-11-12-13-14-15-16-17-20-24-33-26-27-34-28-29-36-37(31,32)35-25-23-30(2)21-18-19-22-30;;/h3-29H2,1-2H3;2*1H2. The normalized spacial score (nSPS) is 16.0. The Morgan fingerprint density at radius 1 is 0.590 bits per heavy atom. The maximum Gasteiger partial charge on any atom is 0.268 e. The lowest BCUT2D eigenvalue weighted by atomic mass is 10.0. The molecule has 0 aromatic rings. The third kappa shape index (κ3) is 26.6. The molecule has 1 aliphatic rings. The molecule has 0 saturated carbocycles. The number of nitrogens with zero attached hydrogens (tertiary/aromatic N) is 1. The van der Waals surface area contributed by atoms with Crippen LogP contribution < -0.4 is 4.89 Å². The summed E-state index contributed by atoms with van der Waals surface area (Å²) in [5, 5.41) is 0. The number of phosphoric acid groups is 1. The zero-order valence-corrected chi connectivity index (χ0v) is 26.3. The number of rotatable bonds is 28. The van der Waals surface area contributed by atoms with E-state index in [1.54, 1.807) is 0 Å². The van der Waals surface area contributed by atoms with Crippen LogP contribution in [0.1, 0.15) is 122 Å². The van der Waals surface area contributed by atoms with Gasteiger partial charge in [-0.05, 0) is 6.42 Å². The van der Waals surface area contributed by atoms with Crippen molar-refractivity contribution in [1.29, 1.82) is 0 Å². The average molecular weight is 586 g/mol. The van der Waals surface area contributed by atoms with E-state index in [9.17, 15) is 9.46 Å². The van der Waals surface area contributed by atoms with Gasteiger partial charge in [0.2, 0.25) is 0 Å². The second-order valence-corrected chi connectivity index (χ2v) is 12.5. The molecule has 1 unspecified atom stereocenters. The maximum atomic E-state index is 11.8. The van der Waals surface area contributed by atoms with Crippen LogP contribution in [0.4, 0.5) is 0 Å². The molecule has 238 valence electrons. The molecule has 1 aliphatic heterocycles. The van der Waals surface area contributed by atoms with E-state index in [0.29, 0.717) is 19.8 Å². The molecule has 0 aromatic heterocycles. The summed E-state index contributed by atoms with van der Waals surface area (Å²) in [7, 11) is -2.11. The summed E-state index contributed by atoms with van der Waals surface area (Å²) < 4.78 is 33.6. The van der Waals surface area contributed by atoms with Crippen LogP contribution in [-0.2, 0) is 23.1 Å². The molecule has 0 radical (unpaired) electrons. The molecule has 0 aliphatic carbocycles. The van der Waals surface area contributed by atoms with Crippen molar-refractivity contribution < 1.29 is 43.4 Å². The Labute approximate surface area is 240 Å². The monoisotopic (exact) mass is 585 g/mol. The second-order valence-electron chi connectivity index (χ2n) is 11.1. The fourth-order valence-corrected chi connectivity index (χ4v) is 5.69. The lowest BCUT2D eigenvalue weighted by Crippen LogP contribution is -2.43. The van der Waals surface area contributed by atoms with Crippen LogP contribution in [0.15, 0.2) is 0 Å². The molecule has 4 N–H and O–H groups in total. The molecule has 1 fully saturated rings. The van der Waals surface area contributed by atoms with Gasteiger partial charge in [0, 0.05) is 19.4 Å². The Bertz CT molecular complexity index is 549. The average Bonchev–Trinajstić information content (AvgIpc) is 3.30. The van der Waals surface area contributed by atoms with Gasteiger partial charge in [0.05, 0.1) is 46.6 Å². The van der Waals surface area contributed by atoms with Crippen LogP contribution >= 0.6 is 7.82 Å². The largest absolute Gasteiger partial charge is 0.756 e. The smallest absolute Gasteiger partial charge is 0.268 e. The van der Waals surface area contributed by atoms with Crippen molar-refractivity contribution in [1.82, 2.24) is 0 Å². The highest BCUT2D eigenvalue weighted by atomic mass is 31.2. The van der Waals surface area contributed by atoms with Gasteiger partial charge in [-0.25, -0.2) is 0 Å². The van der Waals surface area contributed by atoms with Gasteiger partial charge >= 0.3 is 0 Å². The first kappa shape index (κ1) is 41.0. The highest BCUT2D eigenvalue weighted by molar-refractivity contribution is 7.45. The number of likely N-dealkylation sites (tertiary alicyclic amines) is 1. The lowest BCUT2D eigenvalue weighted by molar-refractivity contribution is -0.897. The summed E-state index contributed by atoms with van der Waals surface area (Å²) in [6.45, 7) is 7.25. The third-order valence-electron chi connectivity index (χ3n) is 7.52. The first-order valence-electron chi connectivity index (χ1n) is 15.6. The highest BCUT2D eigenvalue weighted by Gasteiger charge is 2.26. The van der Waals surface area contributed by atoms with Gasteiger partial charge < -0.3 is 38.9 Å². The molecule has 1 atom stereocenters. The van der Waals surface area contributed by atoms with E-state index in [2.05, 4.69) is 14.0 Å². The quantitative estimate of drug-likeness (QED) is 0.0686. The van der Waals surface area contributed by atoms with Crippen molar-refractivity contribution in [3.63, 3.8) is 0 Å². The minimum absolute atomic E-state index is 0. The molecule has 0 aromatic carbocycles. The van der Waals surface area contributed by atoms with Gasteiger partial charge in [0.1, 0.15) is 13.2 Å².